The number of piperidine rings is 1. The Kier molecular flexibility index (Phi) is 5.20. The topological polar surface area (TPSA) is 54.7 Å². The van der Waals surface area contributed by atoms with Gasteiger partial charge in [-0.2, -0.15) is 0 Å². The Balaban J connectivity index is 1.65. The monoisotopic (exact) mass is 360 g/mol. The van der Waals surface area contributed by atoms with Gasteiger partial charge in [-0.3, -0.25) is 0 Å². The third kappa shape index (κ3) is 4.36. The molecule has 0 unspecified atom stereocenters. The molecular formula is C20H25FN2O3. The number of ether oxygens (including phenoxy) is 1. The molecule has 1 aliphatic heterocycles. The molecule has 0 spiro atoms. The third-order valence-electron chi connectivity index (χ3n) is 4.30. The van der Waals surface area contributed by atoms with Crippen molar-refractivity contribution in [3.05, 3.63) is 42.4 Å². The summed E-state index contributed by atoms with van der Waals surface area (Å²) < 4.78 is 25.2. The van der Waals surface area contributed by atoms with Crippen molar-refractivity contribution in [2.45, 2.75) is 45.3 Å². The molecule has 1 aromatic carbocycles. The number of anilines is 1. The van der Waals surface area contributed by atoms with Crippen LogP contribution in [0.3, 0.4) is 0 Å². The van der Waals surface area contributed by atoms with Gasteiger partial charge in [-0.1, -0.05) is 6.07 Å². The van der Waals surface area contributed by atoms with E-state index in [9.17, 15) is 9.18 Å². The van der Waals surface area contributed by atoms with Gasteiger partial charge in [0.15, 0.2) is 0 Å². The van der Waals surface area contributed by atoms with Crippen LogP contribution in [0.15, 0.2) is 41.0 Å². The highest BCUT2D eigenvalue weighted by atomic mass is 19.1. The summed E-state index contributed by atoms with van der Waals surface area (Å²) in [6.07, 6.45) is 2.73. The second-order valence-corrected chi connectivity index (χ2v) is 7.53. The van der Waals surface area contributed by atoms with E-state index in [-0.39, 0.29) is 18.0 Å². The average Bonchev–Trinajstić information content (AvgIpc) is 3.10. The number of nitrogens with one attached hydrogen (secondary N) is 1. The first-order valence-corrected chi connectivity index (χ1v) is 8.90. The van der Waals surface area contributed by atoms with E-state index in [0.717, 1.165) is 12.8 Å². The predicted molar refractivity (Wildman–Crippen MR) is 98.6 cm³/mol. The predicted octanol–water partition coefficient (Wildman–Crippen LogP) is 4.90. The first-order valence-electron chi connectivity index (χ1n) is 8.90. The highest BCUT2D eigenvalue weighted by molar-refractivity contribution is 5.75. The number of amides is 1. The summed E-state index contributed by atoms with van der Waals surface area (Å²) in [4.78, 5) is 13.9. The highest BCUT2D eigenvalue weighted by Crippen LogP contribution is 2.32. The molecule has 2 aromatic rings. The third-order valence-corrected chi connectivity index (χ3v) is 4.30. The Morgan fingerprint density at radius 1 is 1.23 bits per heavy atom. The van der Waals surface area contributed by atoms with Crippen LogP contribution in [0.4, 0.5) is 14.9 Å². The van der Waals surface area contributed by atoms with Gasteiger partial charge in [0.25, 0.3) is 0 Å². The lowest BCUT2D eigenvalue weighted by atomic mass is 10.0. The summed E-state index contributed by atoms with van der Waals surface area (Å²) in [6.45, 7) is 6.73. The lowest BCUT2D eigenvalue weighted by Crippen LogP contribution is -2.44. The van der Waals surface area contributed by atoms with Crippen molar-refractivity contribution >= 4 is 11.8 Å². The molecular weight excluding hydrogens is 335 g/mol. The molecule has 1 aliphatic rings. The van der Waals surface area contributed by atoms with Gasteiger partial charge in [-0.05, 0) is 57.9 Å². The van der Waals surface area contributed by atoms with Crippen molar-refractivity contribution in [1.29, 1.82) is 0 Å². The molecule has 1 aromatic heterocycles. The average molecular weight is 360 g/mol. The van der Waals surface area contributed by atoms with Crippen LogP contribution in [0.1, 0.15) is 33.6 Å². The normalized spacial score (nSPS) is 15.8. The maximum atomic E-state index is 14.4. The van der Waals surface area contributed by atoms with Crippen molar-refractivity contribution < 1.29 is 18.3 Å². The standard InChI is InChI=1S/C20H25FN2O3/c1-20(2,3)26-19(24)23-11-9-14(10-12-23)22-18-15(6-4-7-16(18)21)17-8-5-13-25-17/h4-8,13-14,22H,9-12H2,1-3H3. The zero-order valence-corrected chi connectivity index (χ0v) is 15.4. The second kappa shape index (κ2) is 7.40. The van der Waals surface area contributed by atoms with Crippen LogP contribution in [0.2, 0.25) is 0 Å². The molecule has 26 heavy (non-hydrogen) atoms. The maximum Gasteiger partial charge on any atom is 0.410 e. The lowest BCUT2D eigenvalue weighted by Gasteiger charge is -2.34. The minimum atomic E-state index is -0.503. The van der Waals surface area contributed by atoms with Crippen molar-refractivity contribution in [1.82, 2.24) is 4.90 Å². The molecule has 0 radical (unpaired) electrons. The number of halogens is 1. The van der Waals surface area contributed by atoms with Gasteiger partial charge in [0.2, 0.25) is 0 Å². The number of hydrogen-bond acceptors (Lipinski definition) is 4. The number of nitrogens with zero attached hydrogens (tertiary/aromatic N) is 1. The summed E-state index contributed by atoms with van der Waals surface area (Å²) in [5, 5.41) is 3.30. The molecule has 2 heterocycles. The molecule has 0 saturated carbocycles. The Hall–Kier alpha value is -2.50. The summed E-state index contributed by atoms with van der Waals surface area (Å²) in [5.74, 6) is 0.312. The van der Waals surface area contributed by atoms with E-state index in [2.05, 4.69) is 5.32 Å². The van der Waals surface area contributed by atoms with Crippen LogP contribution in [-0.2, 0) is 4.74 Å². The first-order chi connectivity index (χ1) is 12.3. The number of carbonyl (C=O) groups excluding carboxylic acids is 1. The van der Waals surface area contributed by atoms with Crippen LogP contribution in [0, 0.1) is 5.82 Å². The van der Waals surface area contributed by atoms with Gasteiger partial charge in [-0.25, -0.2) is 9.18 Å². The molecule has 1 amide bonds. The van der Waals surface area contributed by atoms with E-state index in [1.165, 1.54) is 6.07 Å². The number of likely N-dealkylation sites (tertiary alicyclic amines) is 1. The molecule has 1 N–H and O–H groups in total. The van der Waals surface area contributed by atoms with Crippen LogP contribution >= 0.6 is 0 Å². The fourth-order valence-electron chi connectivity index (χ4n) is 3.04. The molecule has 140 valence electrons. The van der Waals surface area contributed by atoms with Crippen LogP contribution in [-0.4, -0.2) is 35.7 Å². The van der Waals surface area contributed by atoms with Crippen molar-refractivity contribution in [3.63, 3.8) is 0 Å². The van der Waals surface area contributed by atoms with E-state index < -0.39 is 5.60 Å². The Morgan fingerprint density at radius 2 is 1.96 bits per heavy atom. The van der Waals surface area contributed by atoms with Gasteiger partial charge < -0.3 is 19.4 Å². The summed E-state index contributed by atoms with van der Waals surface area (Å²) in [6, 6.07) is 8.61. The number of rotatable bonds is 3. The zero-order valence-electron chi connectivity index (χ0n) is 15.4. The Bertz CT molecular complexity index is 745. The minimum absolute atomic E-state index is 0.0827. The molecule has 0 atom stereocenters. The number of para-hydroxylation sites is 1. The summed E-state index contributed by atoms with van der Waals surface area (Å²) in [7, 11) is 0. The molecule has 1 fully saturated rings. The number of benzene rings is 1. The van der Waals surface area contributed by atoms with Crippen LogP contribution < -0.4 is 5.32 Å². The summed E-state index contributed by atoms with van der Waals surface area (Å²) >= 11 is 0. The lowest BCUT2D eigenvalue weighted by molar-refractivity contribution is 0.0210. The minimum Gasteiger partial charge on any atom is -0.464 e. The zero-order chi connectivity index (χ0) is 18.7. The fourth-order valence-corrected chi connectivity index (χ4v) is 3.04. The number of carbonyl (C=O) groups is 1. The number of furan rings is 1. The Morgan fingerprint density at radius 3 is 2.58 bits per heavy atom. The van der Waals surface area contributed by atoms with Gasteiger partial charge in [0.05, 0.1) is 12.0 Å². The number of hydrogen-bond donors (Lipinski definition) is 1. The van der Waals surface area contributed by atoms with E-state index in [0.29, 0.717) is 30.1 Å². The van der Waals surface area contributed by atoms with Crippen LogP contribution in [0.25, 0.3) is 11.3 Å². The molecule has 3 rings (SSSR count). The SMILES string of the molecule is CC(C)(C)OC(=O)N1CCC(Nc2c(F)cccc2-c2ccco2)CC1. The molecule has 0 bridgehead atoms. The van der Waals surface area contributed by atoms with Crippen molar-refractivity contribution in [2.24, 2.45) is 0 Å². The first kappa shape index (κ1) is 18.3. The van der Waals surface area contributed by atoms with Gasteiger partial charge in [0, 0.05) is 24.7 Å². The van der Waals surface area contributed by atoms with E-state index in [4.69, 9.17) is 9.15 Å². The Labute approximate surface area is 153 Å². The van der Waals surface area contributed by atoms with Gasteiger partial charge in [0.1, 0.15) is 17.2 Å². The smallest absolute Gasteiger partial charge is 0.410 e. The molecule has 6 heteroatoms. The van der Waals surface area contributed by atoms with Gasteiger partial charge in [-0.15, -0.1) is 0 Å². The van der Waals surface area contributed by atoms with E-state index in [1.807, 2.05) is 32.9 Å². The van der Waals surface area contributed by atoms with Crippen molar-refractivity contribution in [2.75, 3.05) is 18.4 Å². The molecule has 5 nitrogen and oxygen atoms in total. The van der Waals surface area contributed by atoms with E-state index >= 15 is 0 Å². The maximum absolute atomic E-state index is 14.4. The summed E-state index contributed by atoms with van der Waals surface area (Å²) in [5.41, 5.74) is 0.639. The van der Waals surface area contributed by atoms with Crippen molar-refractivity contribution in [3.8, 4) is 11.3 Å². The van der Waals surface area contributed by atoms with Crippen LogP contribution in [0.5, 0.6) is 0 Å². The quantitative estimate of drug-likeness (QED) is 0.846. The highest BCUT2D eigenvalue weighted by Gasteiger charge is 2.27. The van der Waals surface area contributed by atoms with E-state index in [1.54, 1.807) is 23.3 Å². The largest absolute Gasteiger partial charge is 0.464 e. The van der Waals surface area contributed by atoms with Gasteiger partial charge >= 0.3 is 6.09 Å². The molecule has 0 aliphatic carbocycles. The molecule has 1 saturated heterocycles. The fraction of sp³-hybridized carbons (Fsp3) is 0.450. The second-order valence-electron chi connectivity index (χ2n) is 7.53.